The largest absolute Gasteiger partial charge is 0.483 e. The van der Waals surface area contributed by atoms with Crippen LogP contribution in [0.5, 0.6) is 5.75 Å². The van der Waals surface area contributed by atoms with E-state index in [4.69, 9.17) is 4.74 Å². The predicted octanol–water partition coefficient (Wildman–Crippen LogP) is 5.04. The molecular weight excluding hydrogens is 396 g/mol. The van der Waals surface area contributed by atoms with Crippen LogP contribution in [0, 0.1) is 6.92 Å². The van der Waals surface area contributed by atoms with Crippen LogP contribution in [0.3, 0.4) is 0 Å². The first-order valence-corrected chi connectivity index (χ1v) is 11.2. The molecule has 1 aromatic heterocycles. The van der Waals surface area contributed by atoms with Crippen molar-refractivity contribution in [2.24, 2.45) is 0 Å². The van der Waals surface area contributed by atoms with E-state index in [1.807, 2.05) is 61.7 Å². The zero-order valence-corrected chi connectivity index (χ0v) is 18.7. The number of aryl methyl sites for hydroxylation is 2. The third kappa shape index (κ3) is 5.63. The van der Waals surface area contributed by atoms with Crippen molar-refractivity contribution in [2.75, 3.05) is 11.1 Å². The highest BCUT2D eigenvalue weighted by Crippen LogP contribution is 2.25. The van der Waals surface area contributed by atoms with Crippen molar-refractivity contribution in [3.8, 4) is 5.75 Å². The molecule has 0 aliphatic rings. The Kier molecular flexibility index (Phi) is 7.52. The van der Waals surface area contributed by atoms with Crippen LogP contribution in [0.2, 0.25) is 0 Å². The van der Waals surface area contributed by atoms with E-state index in [-0.39, 0.29) is 17.8 Å². The Bertz CT molecular complexity index is 985. The molecule has 30 heavy (non-hydrogen) atoms. The number of hydrogen-bond donors (Lipinski definition) is 1. The highest BCUT2D eigenvalue weighted by molar-refractivity contribution is 7.99. The standard InChI is InChI=1S/C23H28N4O2S/c1-5-18-10-12-20(13-11-18)29-17(4)22-25-26-23(27(22)6-2)30-15-21(28)24-19-9-7-8-16(3)14-19/h7-14,17H,5-6,15H2,1-4H3,(H,24,28)/t17-/m1/s1. The summed E-state index contributed by atoms with van der Waals surface area (Å²) in [5, 5.41) is 12.2. The summed E-state index contributed by atoms with van der Waals surface area (Å²) < 4.78 is 8.06. The molecule has 0 bridgehead atoms. The van der Waals surface area contributed by atoms with Gasteiger partial charge in [0.05, 0.1) is 5.75 Å². The number of rotatable bonds is 9. The molecule has 3 aromatic rings. The molecule has 0 saturated heterocycles. The van der Waals surface area contributed by atoms with Crippen molar-refractivity contribution in [3.63, 3.8) is 0 Å². The van der Waals surface area contributed by atoms with Gasteiger partial charge in [-0.05, 0) is 62.6 Å². The average molecular weight is 425 g/mol. The van der Waals surface area contributed by atoms with Crippen LogP contribution in [0.1, 0.15) is 43.8 Å². The van der Waals surface area contributed by atoms with Gasteiger partial charge < -0.3 is 14.6 Å². The Labute approximate surface area is 182 Å². The molecule has 0 unspecified atom stereocenters. The molecule has 0 saturated carbocycles. The van der Waals surface area contributed by atoms with Crippen LogP contribution in [0.4, 0.5) is 5.69 Å². The molecule has 158 valence electrons. The number of ether oxygens (including phenoxy) is 1. The second-order valence-corrected chi connectivity index (χ2v) is 7.99. The maximum absolute atomic E-state index is 12.3. The molecule has 1 amide bonds. The second kappa shape index (κ2) is 10.3. The molecule has 0 radical (unpaired) electrons. The van der Waals surface area contributed by atoms with Crippen LogP contribution >= 0.6 is 11.8 Å². The zero-order chi connectivity index (χ0) is 21.5. The number of hydrogen-bond acceptors (Lipinski definition) is 5. The van der Waals surface area contributed by atoms with E-state index in [1.165, 1.54) is 17.3 Å². The molecule has 1 N–H and O–H groups in total. The minimum absolute atomic E-state index is 0.0712. The number of benzene rings is 2. The van der Waals surface area contributed by atoms with E-state index in [1.54, 1.807) is 0 Å². The molecule has 3 rings (SSSR count). The summed E-state index contributed by atoms with van der Waals surface area (Å²) in [6, 6.07) is 15.9. The van der Waals surface area contributed by atoms with Gasteiger partial charge >= 0.3 is 0 Å². The van der Waals surface area contributed by atoms with E-state index in [9.17, 15) is 4.79 Å². The van der Waals surface area contributed by atoms with Gasteiger partial charge in [-0.2, -0.15) is 0 Å². The van der Waals surface area contributed by atoms with Crippen LogP contribution < -0.4 is 10.1 Å². The zero-order valence-electron chi connectivity index (χ0n) is 17.9. The Hall–Kier alpha value is -2.80. The molecular formula is C23H28N4O2S. The predicted molar refractivity (Wildman–Crippen MR) is 121 cm³/mol. The van der Waals surface area contributed by atoms with E-state index in [2.05, 4.69) is 34.6 Å². The van der Waals surface area contributed by atoms with Crippen molar-refractivity contribution in [1.29, 1.82) is 0 Å². The number of amides is 1. The summed E-state index contributed by atoms with van der Waals surface area (Å²) in [4.78, 5) is 12.3. The smallest absolute Gasteiger partial charge is 0.234 e. The molecule has 0 spiro atoms. The fourth-order valence-corrected chi connectivity index (χ4v) is 3.92. The first-order valence-electron chi connectivity index (χ1n) is 10.2. The lowest BCUT2D eigenvalue weighted by Crippen LogP contribution is -2.15. The lowest BCUT2D eigenvalue weighted by Gasteiger charge is -2.16. The highest BCUT2D eigenvalue weighted by Gasteiger charge is 2.19. The van der Waals surface area contributed by atoms with E-state index < -0.39 is 0 Å². The Morgan fingerprint density at radius 3 is 2.60 bits per heavy atom. The summed E-state index contributed by atoms with van der Waals surface area (Å²) in [5.74, 6) is 1.74. The molecule has 6 nitrogen and oxygen atoms in total. The number of carbonyl (C=O) groups is 1. The van der Waals surface area contributed by atoms with Gasteiger partial charge in [0.15, 0.2) is 17.1 Å². The van der Waals surface area contributed by atoms with Crippen LogP contribution in [0.25, 0.3) is 0 Å². The van der Waals surface area contributed by atoms with Gasteiger partial charge in [0.2, 0.25) is 5.91 Å². The fourth-order valence-electron chi connectivity index (χ4n) is 3.12. The van der Waals surface area contributed by atoms with Gasteiger partial charge in [-0.25, -0.2) is 0 Å². The summed E-state index contributed by atoms with van der Waals surface area (Å²) in [6.07, 6.45) is 0.748. The third-order valence-corrected chi connectivity index (χ3v) is 5.67. The first kappa shape index (κ1) is 21.9. The maximum Gasteiger partial charge on any atom is 0.234 e. The number of nitrogens with zero attached hydrogens (tertiary/aromatic N) is 3. The minimum atomic E-state index is -0.250. The van der Waals surface area contributed by atoms with Crippen LogP contribution in [-0.2, 0) is 17.8 Å². The topological polar surface area (TPSA) is 69.0 Å². The Balaban J connectivity index is 1.62. The number of carbonyl (C=O) groups excluding carboxylic acids is 1. The Morgan fingerprint density at radius 1 is 1.17 bits per heavy atom. The van der Waals surface area contributed by atoms with Gasteiger partial charge in [0.1, 0.15) is 5.75 Å². The number of aromatic nitrogens is 3. The lowest BCUT2D eigenvalue weighted by atomic mass is 10.2. The van der Waals surface area contributed by atoms with E-state index in [0.29, 0.717) is 11.7 Å². The SMILES string of the molecule is CCc1ccc(O[C@H](C)c2nnc(SCC(=O)Nc3cccc(C)c3)n2CC)cc1. The molecule has 0 aliphatic heterocycles. The third-order valence-electron chi connectivity index (χ3n) is 4.70. The average Bonchev–Trinajstić information content (AvgIpc) is 3.16. The number of thioether (sulfide) groups is 1. The van der Waals surface area contributed by atoms with Crippen molar-refractivity contribution in [2.45, 2.75) is 51.9 Å². The van der Waals surface area contributed by atoms with E-state index in [0.717, 1.165) is 29.2 Å². The molecule has 1 heterocycles. The number of anilines is 1. The number of nitrogens with one attached hydrogen (secondary N) is 1. The van der Waals surface area contributed by atoms with Crippen molar-refractivity contribution in [1.82, 2.24) is 14.8 Å². The quantitative estimate of drug-likeness (QED) is 0.487. The van der Waals surface area contributed by atoms with Gasteiger partial charge in [0, 0.05) is 12.2 Å². The molecule has 7 heteroatoms. The summed E-state index contributed by atoms with van der Waals surface area (Å²) in [7, 11) is 0. The van der Waals surface area contributed by atoms with Gasteiger partial charge in [-0.1, -0.05) is 43.0 Å². The molecule has 0 aliphatic carbocycles. The van der Waals surface area contributed by atoms with Crippen molar-refractivity contribution >= 4 is 23.4 Å². The molecule has 2 aromatic carbocycles. The fraction of sp³-hybridized carbons (Fsp3) is 0.348. The lowest BCUT2D eigenvalue weighted by molar-refractivity contribution is -0.113. The van der Waals surface area contributed by atoms with Gasteiger partial charge in [-0.3, -0.25) is 4.79 Å². The van der Waals surface area contributed by atoms with Crippen molar-refractivity contribution in [3.05, 3.63) is 65.5 Å². The highest BCUT2D eigenvalue weighted by atomic mass is 32.2. The van der Waals surface area contributed by atoms with Crippen LogP contribution in [-0.4, -0.2) is 26.4 Å². The molecule has 1 atom stereocenters. The van der Waals surface area contributed by atoms with Crippen LogP contribution in [0.15, 0.2) is 53.7 Å². The minimum Gasteiger partial charge on any atom is -0.483 e. The summed E-state index contributed by atoms with van der Waals surface area (Å²) in [5.41, 5.74) is 3.18. The Morgan fingerprint density at radius 2 is 1.93 bits per heavy atom. The normalized spacial score (nSPS) is 11.9. The summed E-state index contributed by atoms with van der Waals surface area (Å²) >= 11 is 1.37. The monoisotopic (exact) mass is 424 g/mol. The molecule has 0 fully saturated rings. The first-order chi connectivity index (χ1) is 14.5. The maximum atomic E-state index is 12.3. The van der Waals surface area contributed by atoms with Gasteiger partial charge in [0.25, 0.3) is 0 Å². The van der Waals surface area contributed by atoms with Crippen molar-refractivity contribution < 1.29 is 9.53 Å². The second-order valence-electron chi connectivity index (χ2n) is 7.05. The van der Waals surface area contributed by atoms with E-state index >= 15 is 0 Å². The van der Waals surface area contributed by atoms with Gasteiger partial charge in [-0.15, -0.1) is 10.2 Å². The summed E-state index contributed by atoms with van der Waals surface area (Å²) in [6.45, 7) is 8.82.